The summed E-state index contributed by atoms with van der Waals surface area (Å²) < 4.78 is 26.4. The number of nitrogens with one attached hydrogen (secondary N) is 2. The second kappa shape index (κ2) is 5.58. The van der Waals surface area contributed by atoms with Gasteiger partial charge < -0.3 is 10.1 Å². The van der Waals surface area contributed by atoms with Crippen molar-refractivity contribution >= 4 is 33.3 Å². The van der Waals surface area contributed by atoms with Crippen molar-refractivity contribution in [2.24, 2.45) is 0 Å². The summed E-state index contributed by atoms with van der Waals surface area (Å²) in [5, 5.41) is 8.59. The van der Waals surface area contributed by atoms with E-state index in [0.29, 0.717) is 0 Å². The summed E-state index contributed by atoms with van der Waals surface area (Å²) in [6.07, 6.45) is 0.998. The number of carbonyl (C=O) groups is 1. The zero-order chi connectivity index (χ0) is 15.6. The Kier molecular flexibility index (Phi) is 4.01. The summed E-state index contributed by atoms with van der Waals surface area (Å²) >= 11 is 5.58. The van der Waals surface area contributed by atoms with Gasteiger partial charge in [0.05, 0.1) is 5.56 Å². The van der Waals surface area contributed by atoms with Crippen LogP contribution in [0.25, 0.3) is 0 Å². The highest BCUT2D eigenvalue weighted by molar-refractivity contribution is 7.92. The number of aromatic nitrogens is 1. The zero-order valence-electron chi connectivity index (χ0n) is 10.3. The number of sulfonamides is 1. The van der Waals surface area contributed by atoms with Crippen molar-refractivity contribution in [3.05, 3.63) is 57.5 Å². The van der Waals surface area contributed by atoms with Crippen LogP contribution in [0, 0.1) is 0 Å². The first-order valence-electron chi connectivity index (χ1n) is 5.54. The fourth-order valence-corrected chi connectivity index (χ4v) is 2.80. The molecule has 1 aromatic heterocycles. The average Bonchev–Trinajstić information content (AvgIpc) is 2.41. The Labute approximate surface area is 124 Å². The van der Waals surface area contributed by atoms with Gasteiger partial charge in [0.2, 0.25) is 0 Å². The smallest absolute Gasteiger partial charge is 0.335 e. The van der Waals surface area contributed by atoms with Crippen molar-refractivity contribution in [1.29, 1.82) is 0 Å². The first-order chi connectivity index (χ1) is 9.79. The van der Waals surface area contributed by atoms with Gasteiger partial charge in [0.1, 0.15) is 9.92 Å². The molecular formula is C12H9ClN2O5S. The van der Waals surface area contributed by atoms with Gasteiger partial charge in [0.25, 0.3) is 15.6 Å². The molecule has 0 atom stereocenters. The van der Waals surface area contributed by atoms with Gasteiger partial charge in [-0.15, -0.1) is 0 Å². The van der Waals surface area contributed by atoms with E-state index in [2.05, 4.69) is 9.71 Å². The van der Waals surface area contributed by atoms with Gasteiger partial charge in [0, 0.05) is 11.9 Å². The van der Waals surface area contributed by atoms with E-state index in [0.717, 1.165) is 12.3 Å². The third kappa shape index (κ3) is 3.41. The van der Waals surface area contributed by atoms with E-state index in [-0.39, 0.29) is 21.2 Å². The van der Waals surface area contributed by atoms with E-state index in [1.165, 1.54) is 24.3 Å². The quantitative estimate of drug-likeness (QED) is 0.787. The molecular weight excluding hydrogens is 320 g/mol. The number of aromatic carboxylic acids is 1. The number of halogens is 1. The summed E-state index contributed by atoms with van der Waals surface area (Å²) in [5.41, 5.74) is -0.588. The number of carboxylic acid groups (broad SMARTS) is 1. The van der Waals surface area contributed by atoms with Crippen LogP contribution < -0.4 is 10.3 Å². The van der Waals surface area contributed by atoms with E-state index in [4.69, 9.17) is 16.7 Å². The van der Waals surface area contributed by atoms with Crippen molar-refractivity contribution < 1.29 is 18.3 Å². The monoisotopic (exact) mass is 328 g/mol. The van der Waals surface area contributed by atoms with E-state index < -0.39 is 21.6 Å². The lowest BCUT2D eigenvalue weighted by molar-refractivity contribution is 0.0697. The summed E-state index contributed by atoms with van der Waals surface area (Å²) in [6, 6.07) is 6.31. The third-order valence-corrected chi connectivity index (χ3v) is 4.14. The van der Waals surface area contributed by atoms with Crippen LogP contribution in [0.2, 0.25) is 5.02 Å². The van der Waals surface area contributed by atoms with Gasteiger partial charge in [-0.25, -0.2) is 13.2 Å². The number of hydrogen-bond donors (Lipinski definition) is 3. The lowest BCUT2D eigenvalue weighted by Gasteiger charge is -2.08. The van der Waals surface area contributed by atoms with Crippen LogP contribution in [-0.2, 0) is 10.0 Å². The SMILES string of the molecule is O=C(O)c1cccc(NS(=O)(=O)c2c[nH]c(=O)c(Cl)c2)c1. The number of aromatic amines is 1. The maximum atomic E-state index is 12.1. The van der Waals surface area contributed by atoms with Crippen molar-refractivity contribution in [2.75, 3.05) is 4.72 Å². The lowest BCUT2D eigenvalue weighted by Crippen LogP contribution is -2.16. The molecule has 1 aromatic carbocycles. The molecule has 0 radical (unpaired) electrons. The van der Waals surface area contributed by atoms with Crippen LogP contribution in [-0.4, -0.2) is 24.5 Å². The summed E-state index contributed by atoms with van der Waals surface area (Å²) in [5.74, 6) is -1.18. The molecule has 0 fully saturated rings. The highest BCUT2D eigenvalue weighted by Crippen LogP contribution is 2.17. The minimum atomic E-state index is -3.99. The zero-order valence-corrected chi connectivity index (χ0v) is 11.9. The fourth-order valence-electron chi connectivity index (χ4n) is 1.52. The Bertz CT molecular complexity index is 860. The standard InChI is InChI=1S/C12H9ClN2O5S/c13-10-5-9(6-14-11(10)16)21(19,20)15-8-3-1-2-7(4-8)12(17)18/h1-6,15H,(H,14,16)(H,17,18). The maximum absolute atomic E-state index is 12.1. The number of anilines is 1. The predicted molar refractivity (Wildman–Crippen MR) is 76.3 cm³/mol. The van der Waals surface area contributed by atoms with Crippen LogP contribution in [0.1, 0.15) is 10.4 Å². The Morgan fingerprint density at radius 3 is 2.62 bits per heavy atom. The molecule has 0 saturated carbocycles. The number of rotatable bonds is 4. The molecule has 9 heteroatoms. The molecule has 21 heavy (non-hydrogen) atoms. The van der Waals surface area contributed by atoms with Crippen LogP contribution in [0.4, 0.5) is 5.69 Å². The van der Waals surface area contributed by atoms with Crippen molar-refractivity contribution in [3.8, 4) is 0 Å². The van der Waals surface area contributed by atoms with Gasteiger partial charge >= 0.3 is 5.97 Å². The highest BCUT2D eigenvalue weighted by atomic mass is 35.5. The molecule has 1 heterocycles. The number of pyridine rings is 1. The normalized spacial score (nSPS) is 11.1. The van der Waals surface area contributed by atoms with Gasteiger partial charge in [-0.05, 0) is 24.3 Å². The number of benzene rings is 1. The molecule has 2 rings (SSSR count). The summed E-state index contributed by atoms with van der Waals surface area (Å²) in [7, 11) is -3.99. The number of H-pyrrole nitrogens is 1. The third-order valence-electron chi connectivity index (χ3n) is 2.50. The Morgan fingerprint density at radius 2 is 2.00 bits per heavy atom. The molecule has 0 aliphatic rings. The van der Waals surface area contributed by atoms with E-state index in [1.54, 1.807) is 0 Å². The Hall–Kier alpha value is -2.32. The second-order valence-corrected chi connectivity index (χ2v) is 6.09. The minimum absolute atomic E-state index is 0.0605. The van der Waals surface area contributed by atoms with Crippen LogP contribution in [0.3, 0.4) is 0 Å². The molecule has 0 spiro atoms. The predicted octanol–water partition coefficient (Wildman–Crippen LogP) is 1.53. The highest BCUT2D eigenvalue weighted by Gasteiger charge is 2.16. The largest absolute Gasteiger partial charge is 0.478 e. The summed E-state index contributed by atoms with van der Waals surface area (Å²) in [6.45, 7) is 0. The average molecular weight is 329 g/mol. The van der Waals surface area contributed by atoms with Gasteiger partial charge in [-0.2, -0.15) is 0 Å². The lowest BCUT2D eigenvalue weighted by atomic mass is 10.2. The minimum Gasteiger partial charge on any atom is -0.478 e. The van der Waals surface area contributed by atoms with E-state index >= 15 is 0 Å². The van der Waals surface area contributed by atoms with Crippen LogP contribution in [0.5, 0.6) is 0 Å². The molecule has 7 nitrogen and oxygen atoms in total. The molecule has 0 amide bonds. The van der Waals surface area contributed by atoms with Gasteiger partial charge in [0.15, 0.2) is 0 Å². The van der Waals surface area contributed by atoms with Crippen molar-refractivity contribution in [2.45, 2.75) is 4.90 Å². The van der Waals surface area contributed by atoms with Crippen LogP contribution >= 0.6 is 11.6 Å². The molecule has 110 valence electrons. The first kappa shape index (κ1) is 15.1. The molecule has 2 aromatic rings. The molecule has 0 saturated heterocycles. The topological polar surface area (TPSA) is 116 Å². The summed E-state index contributed by atoms with van der Waals surface area (Å²) in [4.78, 5) is 23.9. The molecule has 0 bridgehead atoms. The fraction of sp³-hybridized carbons (Fsp3) is 0. The molecule has 0 aliphatic heterocycles. The van der Waals surface area contributed by atoms with Crippen LogP contribution in [0.15, 0.2) is 46.2 Å². The van der Waals surface area contributed by atoms with E-state index in [9.17, 15) is 18.0 Å². The molecule has 3 N–H and O–H groups in total. The number of hydrogen-bond acceptors (Lipinski definition) is 4. The Balaban J connectivity index is 2.37. The maximum Gasteiger partial charge on any atom is 0.335 e. The second-order valence-electron chi connectivity index (χ2n) is 4.00. The number of carboxylic acids is 1. The van der Waals surface area contributed by atoms with E-state index in [1.807, 2.05) is 0 Å². The molecule has 0 unspecified atom stereocenters. The molecule has 0 aliphatic carbocycles. The van der Waals surface area contributed by atoms with Crippen molar-refractivity contribution in [3.63, 3.8) is 0 Å². The first-order valence-corrected chi connectivity index (χ1v) is 7.40. The van der Waals surface area contributed by atoms with Crippen molar-refractivity contribution in [1.82, 2.24) is 4.98 Å². The van der Waals surface area contributed by atoms with Gasteiger partial charge in [-0.3, -0.25) is 9.52 Å². The van der Waals surface area contributed by atoms with Gasteiger partial charge in [-0.1, -0.05) is 17.7 Å². The Morgan fingerprint density at radius 1 is 1.29 bits per heavy atom.